The number of hydrogen-bond donors (Lipinski definition) is 1. The van der Waals surface area contributed by atoms with E-state index in [1.807, 2.05) is 6.92 Å². The van der Waals surface area contributed by atoms with Crippen LogP contribution in [0.15, 0.2) is 0 Å². The lowest BCUT2D eigenvalue weighted by atomic mass is 9.87. The van der Waals surface area contributed by atoms with E-state index in [2.05, 4.69) is 20.8 Å². The maximum atomic E-state index is 11.2. The molecule has 0 heterocycles. The van der Waals surface area contributed by atoms with Gasteiger partial charge in [0.2, 0.25) is 0 Å². The third kappa shape index (κ3) is 8.05. The van der Waals surface area contributed by atoms with Crippen LogP contribution in [-0.4, -0.2) is 18.6 Å². The number of carbonyl (C=O) groups excluding carboxylic acids is 1. The predicted molar refractivity (Wildman–Crippen MR) is 57.9 cm³/mol. The Morgan fingerprint density at radius 3 is 2.43 bits per heavy atom. The maximum absolute atomic E-state index is 11.2. The first kappa shape index (κ1) is 13.4. The van der Waals surface area contributed by atoms with Crippen molar-refractivity contribution in [2.24, 2.45) is 11.1 Å². The van der Waals surface area contributed by atoms with Crippen LogP contribution in [0.2, 0.25) is 0 Å². The van der Waals surface area contributed by atoms with Gasteiger partial charge in [0.1, 0.15) is 0 Å². The molecule has 0 rings (SSSR count). The summed E-state index contributed by atoms with van der Waals surface area (Å²) in [5.74, 6) is -0.177. The molecule has 84 valence electrons. The van der Waals surface area contributed by atoms with E-state index in [9.17, 15) is 4.79 Å². The third-order valence-electron chi connectivity index (χ3n) is 1.77. The molecule has 0 aliphatic carbocycles. The highest BCUT2D eigenvalue weighted by Gasteiger charge is 2.18. The molecule has 0 radical (unpaired) electrons. The van der Waals surface area contributed by atoms with Crippen LogP contribution in [-0.2, 0) is 9.53 Å². The lowest BCUT2D eigenvalue weighted by Crippen LogP contribution is -2.29. The zero-order chi connectivity index (χ0) is 11.2. The average Bonchev–Trinajstić information content (AvgIpc) is 1.96. The minimum absolute atomic E-state index is 0.0839. The molecule has 1 atom stereocenters. The van der Waals surface area contributed by atoms with Crippen molar-refractivity contribution in [2.75, 3.05) is 6.61 Å². The van der Waals surface area contributed by atoms with E-state index in [-0.39, 0.29) is 17.4 Å². The number of nitrogens with two attached hydrogens (primary N) is 1. The Labute approximate surface area is 87.0 Å². The van der Waals surface area contributed by atoms with Crippen LogP contribution < -0.4 is 5.73 Å². The molecular formula is C11H23NO2. The van der Waals surface area contributed by atoms with Gasteiger partial charge in [-0.05, 0) is 18.3 Å². The summed E-state index contributed by atoms with van der Waals surface area (Å²) in [4.78, 5) is 11.2. The second kappa shape index (κ2) is 6.02. The highest BCUT2D eigenvalue weighted by atomic mass is 16.5. The van der Waals surface area contributed by atoms with Crippen LogP contribution >= 0.6 is 0 Å². The fraction of sp³-hybridized carbons (Fsp3) is 0.909. The SMILES string of the molecule is CCCOC(=O)CC(N)CC(C)(C)C. The number of carbonyl (C=O) groups is 1. The minimum Gasteiger partial charge on any atom is -0.466 e. The summed E-state index contributed by atoms with van der Waals surface area (Å²) < 4.78 is 4.96. The summed E-state index contributed by atoms with van der Waals surface area (Å²) in [6, 6.07) is -0.0839. The summed E-state index contributed by atoms with van der Waals surface area (Å²) in [5, 5.41) is 0. The zero-order valence-electron chi connectivity index (χ0n) is 9.80. The van der Waals surface area contributed by atoms with Crippen LogP contribution in [0.4, 0.5) is 0 Å². The van der Waals surface area contributed by atoms with E-state index in [0.29, 0.717) is 13.0 Å². The molecule has 0 amide bonds. The van der Waals surface area contributed by atoms with Gasteiger partial charge in [0.05, 0.1) is 13.0 Å². The monoisotopic (exact) mass is 201 g/mol. The van der Waals surface area contributed by atoms with Crippen LogP contribution in [0, 0.1) is 5.41 Å². The molecule has 3 nitrogen and oxygen atoms in total. The number of ether oxygens (including phenoxy) is 1. The van der Waals surface area contributed by atoms with E-state index in [1.54, 1.807) is 0 Å². The lowest BCUT2D eigenvalue weighted by Gasteiger charge is -2.22. The van der Waals surface area contributed by atoms with E-state index in [1.165, 1.54) is 0 Å². The highest BCUT2D eigenvalue weighted by molar-refractivity contribution is 5.70. The summed E-state index contributed by atoms with van der Waals surface area (Å²) in [7, 11) is 0. The van der Waals surface area contributed by atoms with Gasteiger partial charge in [-0.15, -0.1) is 0 Å². The van der Waals surface area contributed by atoms with Gasteiger partial charge in [-0.25, -0.2) is 0 Å². The Bertz CT molecular complexity index is 173. The molecule has 0 fully saturated rings. The molecule has 3 heteroatoms. The predicted octanol–water partition coefficient (Wildman–Crippen LogP) is 2.09. The van der Waals surface area contributed by atoms with Crippen molar-refractivity contribution in [1.29, 1.82) is 0 Å². The quantitative estimate of drug-likeness (QED) is 0.693. The largest absolute Gasteiger partial charge is 0.466 e. The van der Waals surface area contributed by atoms with Crippen molar-refractivity contribution in [1.82, 2.24) is 0 Å². The molecule has 1 unspecified atom stereocenters. The van der Waals surface area contributed by atoms with Crippen molar-refractivity contribution in [2.45, 2.75) is 53.0 Å². The smallest absolute Gasteiger partial charge is 0.307 e. The molecule has 0 aromatic carbocycles. The lowest BCUT2D eigenvalue weighted by molar-refractivity contribution is -0.144. The van der Waals surface area contributed by atoms with Gasteiger partial charge in [0.25, 0.3) is 0 Å². The number of esters is 1. The minimum atomic E-state index is -0.177. The first-order valence-electron chi connectivity index (χ1n) is 5.26. The second-order valence-corrected chi connectivity index (χ2v) is 4.95. The van der Waals surface area contributed by atoms with Gasteiger partial charge in [-0.3, -0.25) is 4.79 Å². The van der Waals surface area contributed by atoms with Crippen LogP contribution in [0.1, 0.15) is 47.0 Å². The van der Waals surface area contributed by atoms with Crippen LogP contribution in [0.25, 0.3) is 0 Å². The van der Waals surface area contributed by atoms with E-state index in [0.717, 1.165) is 12.8 Å². The Kier molecular flexibility index (Phi) is 5.77. The molecule has 0 saturated carbocycles. The van der Waals surface area contributed by atoms with E-state index in [4.69, 9.17) is 10.5 Å². The highest BCUT2D eigenvalue weighted by Crippen LogP contribution is 2.21. The molecule has 14 heavy (non-hydrogen) atoms. The van der Waals surface area contributed by atoms with Crippen molar-refractivity contribution < 1.29 is 9.53 Å². The van der Waals surface area contributed by atoms with Gasteiger partial charge in [0, 0.05) is 6.04 Å². The van der Waals surface area contributed by atoms with Crippen molar-refractivity contribution in [3.8, 4) is 0 Å². The zero-order valence-corrected chi connectivity index (χ0v) is 9.80. The van der Waals surface area contributed by atoms with Gasteiger partial charge in [0.15, 0.2) is 0 Å². The van der Waals surface area contributed by atoms with Gasteiger partial charge >= 0.3 is 5.97 Å². The van der Waals surface area contributed by atoms with Gasteiger partial charge < -0.3 is 10.5 Å². The summed E-state index contributed by atoms with van der Waals surface area (Å²) in [6.45, 7) is 8.82. The van der Waals surface area contributed by atoms with Crippen molar-refractivity contribution in [3.63, 3.8) is 0 Å². The fourth-order valence-electron chi connectivity index (χ4n) is 1.35. The molecule has 0 saturated heterocycles. The first-order valence-corrected chi connectivity index (χ1v) is 5.26. The molecule has 0 spiro atoms. The van der Waals surface area contributed by atoms with E-state index < -0.39 is 0 Å². The topological polar surface area (TPSA) is 52.3 Å². The molecule has 0 aliphatic heterocycles. The first-order chi connectivity index (χ1) is 6.35. The standard InChI is InChI=1S/C11H23NO2/c1-5-6-14-10(13)7-9(12)8-11(2,3)4/h9H,5-8,12H2,1-4H3. The fourth-order valence-corrected chi connectivity index (χ4v) is 1.35. The van der Waals surface area contributed by atoms with E-state index >= 15 is 0 Å². The molecule has 0 aromatic heterocycles. The normalized spacial score (nSPS) is 13.8. The Balaban J connectivity index is 3.71. The van der Waals surface area contributed by atoms with Crippen molar-refractivity contribution >= 4 is 5.97 Å². The molecular weight excluding hydrogens is 178 g/mol. The number of hydrogen-bond acceptors (Lipinski definition) is 3. The molecule has 0 aromatic rings. The number of rotatable bonds is 5. The van der Waals surface area contributed by atoms with Crippen LogP contribution in [0.3, 0.4) is 0 Å². The summed E-state index contributed by atoms with van der Waals surface area (Å²) >= 11 is 0. The molecule has 0 bridgehead atoms. The second-order valence-electron chi connectivity index (χ2n) is 4.95. The Hall–Kier alpha value is -0.570. The maximum Gasteiger partial charge on any atom is 0.307 e. The van der Waals surface area contributed by atoms with Gasteiger partial charge in [-0.2, -0.15) is 0 Å². The average molecular weight is 201 g/mol. The van der Waals surface area contributed by atoms with Gasteiger partial charge in [-0.1, -0.05) is 27.7 Å². The Morgan fingerprint density at radius 1 is 1.43 bits per heavy atom. The van der Waals surface area contributed by atoms with Crippen molar-refractivity contribution in [3.05, 3.63) is 0 Å². The Morgan fingerprint density at radius 2 is 2.00 bits per heavy atom. The summed E-state index contributed by atoms with van der Waals surface area (Å²) in [6.07, 6.45) is 2.03. The van der Waals surface area contributed by atoms with Crippen LogP contribution in [0.5, 0.6) is 0 Å². The summed E-state index contributed by atoms with van der Waals surface area (Å²) in [5.41, 5.74) is 6.00. The molecule has 0 aliphatic rings. The molecule has 2 N–H and O–H groups in total. The third-order valence-corrected chi connectivity index (χ3v) is 1.77.